The summed E-state index contributed by atoms with van der Waals surface area (Å²) in [4.78, 5) is 12.5. The van der Waals surface area contributed by atoms with Crippen molar-refractivity contribution in [3.8, 4) is 11.5 Å². The number of methoxy groups -OCH3 is 1. The molecule has 3 aromatic rings. The fourth-order valence-electron chi connectivity index (χ4n) is 2.57. The van der Waals surface area contributed by atoms with E-state index < -0.39 is 12.5 Å². The summed E-state index contributed by atoms with van der Waals surface area (Å²) in [5, 5.41) is 6.89. The van der Waals surface area contributed by atoms with Gasteiger partial charge in [-0.3, -0.25) is 9.48 Å². The second-order valence-electron chi connectivity index (χ2n) is 5.85. The van der Waals surface area contributed by atoms with E-state index in [9.17, 15) is 18.0 Å². The molecule has 0 unspecified atom stereocenters. The van der Waals surface area contributed by atoms with Crippen molar-refractivity contribution in [2.45, 2.75) is 13.2 Å². The van der Waals surface area contributed by atoms with E-state index in [1.54, 1.807) is 12.1 Å². The van der Waals surface area contributed by atoms with Crippen LogP contribution in [0.5, 0.6) is 11.5 Å². The zero-order valence-corrected chi connectivity index (χ0v) is 15.8. The van der Waals surface area contributed by atoms with Crippen LogP contribution < -0.4 is 14.8 Å². The van der Waals surface area contributed by atoms with Crippen molar-refractivity contribution in [2.75, 3.05) is 12.4 Å². The number of benzene rings is 2. The molecule has 0 aliphatic heterocycles. The number of ether oxygens (including phenoxy) is 2. The van der Waals surface area contributed by atoms with E-state index in [0.29, 0.717) is 5.56 Å². The van der Waals surface area contributed by atoms with Crippen LogP contribution >= 0.6 is 11.6 Å². The minimum Gasteiger partial charge on any atom is -0.493 e. The van der Waals surface area contributed by atoms with Gasteiger partial charge in [0.1, 0.15) is 10.8 Å². The lowest BCUT2D eigenvalue weighted by molar-refractivity contribution is -0.0512. The molecule has 3 rings (SSSR count). The van der Waals surface area contributed by atoms with E-state index in [1.807, 2.05) is 0 Å². The average Bonchev–Trinajstić information content (AvgIpc) is 3.00. The van der Waals surface area contributed by atoms with Crippen molar-refractivity contribution in [3.05, 3.63) is 70.6 Å². The lowest BCUT2D eigenvalue weighted by atomic mass is 10.2. The quantitative estimate of drug-likeness (QED) is 0.601. The number of carbonyl (C=O) groups excluding carboxylic acids is 1. The Hall–Kier alpha value is -3.20. The Morgan fingerprint density at radius 2 is 2.03 bits per heavy atom. The molecule has 0 saturated heterocycles. The van der Waals surface area contributed by atoms with Crippen LogP contribution in [-0.4, -0.2) is 29.4 Å². The van der Waals surface area contributed by atoms with E-state index in [1.165, 1.54) is 48.3 Å². The maximum Gasteiger partial charge on any atom is 0.387 e. The van der Waals surface area contributed by atoms with Crippen LogP contribution in [0, 0.1) is 5.82 Å². The van der Waals surface area contributed by atoms with Gasteiger partial charge in [-0.1, -0.05) is 23.7 Å². The van der Waals surface area contributed by atoms with Crippen molar-refractivity contribution in [1.29, 1.82) is 0 Å². The zero-order valence-electron chi connectivity index (χ0n) is 15.0. The Labute approximate surface area is 168 Å². The first-order valence-corrected chi connectivity index (χ1v) is 8.65. The monoisotopic (exact) mass is 425 g/mol. The number of halogens is 4. The van der Waals surface area contributed by atoms with Gasteiger partial charge < -0.3 is 14.8 Å². The van der Waals surface area contributed by atoms with Crippen molar-refractivity contribution in [3.63, 3.8) is 0 Å². The van der Waals surface area contributed by atoms with Crippen LogP contribution in [0.2, 0.25) is 5.02 Å². The van der Waals surface area contributed by atoms with Gasteiger partial charge in [0.25, 0.3) is 5.91 Å². The third-order valence-corrected chi connectivity index (χ3v) is 4.10. The molecule has 6 nitrogen and oxygen atoms in total. The van der Waals surface area contributed by atoms with E-state index >= 15 is 0 Å². The smallest absolute Gasteiger partial charge is 0.387 e. The highest BCUT2D eigenvalue weighted by atomic mass is 35.5. The van der Waals surface area contributed by atoms with E-state index in [2.05, 4.69) is 15.2 Å². The van der Waals surface area contributed by atoms with Gasteiger partial charge >= 0.3 is 6.61 Å². The molecule has 0 atom stereocenters. The number of nitrogens with zero attached hydrogens (tertiary/aromatic N) is 2. The number of rotatable bonds is 7. The molecule has 2 aromatic carbocycles. The number of hydrogen-bond acceptors (Lipinski definition) is 4. The van der Waals surface area contributed by atoms with Gasteiger partial charge in [-0.25, -0.2) is 4.39 Å². The molecule has 1 N–H and O–H groups in total. The third-order valence-electron chi connectivity index (χ3n) is 3.82. The highest BCUT2D eigenvalue weighted by Gasteiger charge is 2.16. The summed E-state index contributed by atoms with van der Waals surface area (Å²) in [5.41, 5.74) is 0.792. The Morgan fingerprint density at radius 1 is 1.24 bits per heavy atom. The molecule has 152 valence electrons. The molecule has 1 heterocycles. The highest BCUT2D eigenvalue weighted by molar-refractivity contribution is 6.33. The summed E-state index contributed by atoms with van der Waals surface area (Å²) in [6.07, 6.45) is 1.49. The van der Waals surface area contributed by atoms with Crippen LogP contribution in [-0.2, 0) is 6.54 Å². The maximum atomic E-state index is 13.3. The first-order valence-electron chi connectivity index (χ1n) is 8.27. The number of aromatic nitrogens is 2. The molecule has 0 aliphatic rings. The Morgan fingerprint density at radius 3 is 2.72 bits per heavy atom. The number of nitrogens with one attached hydrogen (secondary N) is 1. The predicted octanol–water partition coefficient (Wildman–Crippen LogP) is 4.59. The van der Waals surface area contributed by atoms with Crippen LogP contribution in [0.4, 0.5) is 19.0 Å². The topological polar surface area (TPSA) is 65.4 Å². The second-order valence-corrected chi connectivity index (χ2v) is 6.26. The van der Waals surface area contributed by atoms with Crippen molar-refractivity contribution in [1.82, 2.24) is 9.78 Å². The molecular formula is C19H15ClF3N3O3. The highest BCUT2D eigenvalue weighted by Crippen LogP contribution is 2.30. The summed E-state index contributed by atoms with van der Waals surface area (Å²) < 4.78 is 48.9. The molecular weight excluding hydrogens is 411 g/mol. The number of alkyl halides is 2. The molecule has 10 heteroatoms. The summed E-state index contributed by atoms with van der Waals surface area (Å²) in [6, 6.07) is 9.75. The standard InChI is InChI=1S/C19H15ClF3N3O3/c1-28-16-8-12(5-6-15(16)29-19(22)23)18(27)24-17-14(20)10-26(25-17)9-11-3-2-4-13(21)7-11/h2-8,10,19H,9H2,1H3,(H,24,25,27). The van der Waals surface area contributed by atoms with Gasteiger partial charge in [0, 0.05) is 11.8 Å². The van der Waals surface area contributed by atoms with E-state index in [-0.39, 0.29) is 40.3 Å². The summed E-state index contributed by atoms with van der Waals surface area (Å²) >= 11 is 6.11. The number of amides is 1. The molecule has 0 radical (unpaired) electrons. The zero-order chi connectivity index (χ0) is 21.0. The van der Waals surface area contributed by atoms with E-state index in [0.717, 1.165) is 0 Å². The van der Waals surface area contributed by atoms with Gasteiger partial charge in [0.05, 0.1) is 13.7 Å². The Balaban J connectivity index is 1.74. The van der Waals surface area contributed by atoms with Crippen LogP contribution in [0.3, 0.4) is 0 Å². The maximum absolute atomic E-state index is 13.3. The fourth-order valence-corrected chi connectivity index (χ4v) is 2.76. The molecule has 0 saturated carbocycles. The third kappa shape index (κ3) is 5.20. The molecule has 29 heavy (non-hydrogen) atoms. The van der Waals surface area contributed by atoms with Crippen molar-refractivity contribution >= 4 is 23.3 Å². The van der Waals surface area contributed by atoms with Crippen molar-refractivity contribution < 1.29 is 27.4 Å². The largest absolute Gasteiger partial charge is 0.493 e. The van der Waals surface area contributed by atoms with Crippen LogP contribution in [0.25, 0.3) is 0 Å². The molecule has 0 aliphatic carbocycles. The first kappa shape index (κ1) is 20.5. The molecule has 1 aromatic heterocycles. The number of anilines is 1. The normalized spacial score (nSPS) is 10.8. The minimum atomic E-state index is -3.02. The second kappa shape index (κ2) is 8.87. The fraction of sp³-hybridized carbons (Fsp3) is 0.158. The SMILES string of the molecule is COc1cc(C(=O)Nc2nn(Cc3cccc(F)c3)cc2Cl)ccc1OC(F)F. The summed E-state index contributed by atoms with van der Waals surface area (Å²) in [5.74, 6) is -1.08. The summed E-state index contributed by atoms with van der Waals surface area (Å²) in [6.45, 7) is -2.77. The summed E-state index contributed by atoms with van der Waals surface area (Å²) in [7, 11) is 1.26. The van der Waals surface area contributed by atoms with Crippen LogP contribution in [0.15, 0.2) is 48.7 Å². The average molecular weight is 426 g/mol. The number of hydrogen-bond donors (Lipinski definition) is 1. The number of carbonyl (C=O) groups is 1. The Bertz CT molecular complexity index is 1030. The van der Waals surface area contributed by atoms with Gasteiger partial charge in [-0.2, -0.15) is 13.9 Å². The van der Waals surface area contributed by atoms with Gasteiger partial charge in [0.15, 0.2) is 17.3 Å². The molecule has 0 spiro atoms. The lowest BCUT2D eigenvalue weighted by Gasteiger charge is -2.11. The van der Waals surface area contributed by atoms with Gasteiger partial charge in [-0.15, -0.1) is 0 Å². The molecule has 0 bridgehead atoms. The molecule has 0 fully saturated rings. The minimum absolute atomic E-state index is 0.0271. The van der Waals surface area contributed by atoms with E-state index in [4.69, 9.17) is 16.3 Å². The van der Waals surface area contributed by atoms with Crippen molar-refractivity contribution in [2.24, 2.45) is 0 Å². The van der Waals surface area contributed by atoms with Gasteiger partial charge in [-0.05, 0) is 35.9 Å². The lowest BCUT2D eigenvalue weighted by Crippen LogP contribution is -2.13. The molecule has 1 amide bonds. The Kier molecular flexibility index (Phi) is 6.28. The van der Waals surface area contributed by atoms with Gasteiger partial charge in [0.2, 0.25) is 0 Å². The first-order chi connectivity index (χ1) is 13.9. The van der Waals surface area contributed by atoms with Crippen LogP contribution in [0.1, 0.15) is 15.9 Å². The predicted molar refractivity (Wildman–Crippen MR) is 100 cm³/mol.